The van der Waals surface area contributed by atoms with Crippen molar-refractivity contribution >= 4 is 12.4 Å². The molecule has 1 aromatic rings. The van der Waals surface area contributed by atoms with Crippen LogP contribution in [-0.2, 0) is 16.0 Å². The number of aliphatic carboxylic acids is 1. The van der Waals surface area contributed by atoms with Crippen LogP contribution in [-0.4, -0.2) is 23.5 Å². The molecule has 22 heavy (non-hydrogen) atoms. The van der Waals surface area contributed by atoms with Gasteiger partial charge in [0.15, 0.2) is 0 Å². The fourth-order valence-corrected chi connectivity index (χ4v) is 1.22. The summed E-state index contributed by atoms with van der Waals surface area (Å²) in [7, 11) is 0. The molecule has 0 aliphatic rings. The van der Waals surface area contributed by atoms with Gasteiger partial charge >= 0.3 is 5.97 Å². The van der Waals surface area contributed by atoms with Crippen molar-refractivity contribution in [3.63, 3.8) is 0 Å². The first-order valence-corrected chi connectivity index (χ1v) is 6.52. The Bertz CT molecular complexity index is 496. The molecular weight excluding hydrogens is 525 g/mol. The van der Waals surface area contributed by atoms with Gasteiger partial charge in [0.2, 0.25) is 0 Å². The molecule has 0 aliphatic carbocycles. The molecule has 5 nitrogen and oxygen atoms in total. The van der Waals surface area contributed by atoms with Crippen molar-refractivity contribution in [1.82, 2.24) is 5.32 Å². The number of benzene rings is 1. The molecule has 1 aromatic carbocycles. The number of hydrogen-bond acceptors (Lipinski definition) is 3. The SMILES string of the molecule is CC(C)(C)C.N#Cc1ccc(CC(N[C-]=O)C(=O)O)cc1.[Fm]. The van der Waals surface area contributed by atoms with Crippen LogP contribution in [0.5, 0.6) is 0 Å². The number of rotatable bonds is 5. The van der Waals surface area contributed by atoms with E-state index < -0.39 is 12.0 Å². The minimum Gasteiger partial charge on any atom is -0.520 e. The number of hydrogen-bond donors (Lipinski definition) is 2. The second-order valence-corrected chi connectivity index (χ2v) is 6.15. The van der Waals surface area contributed by atoms with Crippen LogP contribution < -0.4 is 5.32 Å². The molecule has 2 N–H and O–H groups in total. The molecule has 1 rings (SSSR count). The third kappa shape index (κ3) is 10.6. The first-order chi connectivity index (χ1) is 9.67. The van der Waals surface area contributed by atoms with Crippen molar-refractivity contribution in [2.24, 2.45) is 5.41 Å². The van der Waals surface area contributed by atoms with E-state index in [1.54, 1.807) is 24.3 Å². The fourth-order valence-electron chi connectivity index (χ4n) is 1.22. The number of carboxylic acid groups (broad SMARTS) is 1. The third-order valence-electron chi connectivity index (χ3n) is 2.05. The Morgan fingerprint density at radius 1 is 1.32 bits per heavy atom. The monoisotopic (exact) mass is 546 g/mol. The second kappa shape index (κ2) is 9.54. The molecule has 0 saturated heterocycles. The van der Waals surface area contributed by atoms with Crippen LogP contribution >= 0.6 is 0 Å². The van der Waals surface area contributed by atoms with Gasteiger partial charge in [-0.15, -0.1) is 0 Å². The molecule has 0 heterocycles. The average molecular weight is 546 g/mol. The van der Waals surface area contributed by atoms with Crippen molar-refractivity contribution in [3.8, 4) is 6.07 Å². The maximum absolute atomic E-state index is 10.7. The Morgan fingerprint density at radius 3 is 2.09 bits per heavy atom. The van der Waals surface area contributed by atoms with Crippen LogP contribution in [0.1, 0.15) is 38.8 Å². The van der Waals surface area contributed by atoms with Crippen LogP contribution in [0.15, 0.2) is 24.3 Å². The second-order valence-electron chi connectivity index (χ2n) is 6.15. The van der Waals surface area contributed by atoms with E-state index in [1.807, 2.05) is 6.07 Å². The Hall–Kier alpha value is -3.35. The van der Waals surface area contributed by atoms with E-state index in [9.17, 15) is 9.59 Å². The Labute approximate surface area is 125 Å². The number of carbonyl (C=O) groups excluding carboxylic acids is 1. The van der Waals surface area contributed by atoms with Crippen LogP contribution in [0.4, 0.5) is 0 Å². The van der Waals surface area contributed by atoms with Crippen LogP contribution in [0.25, 0.3) is 0 Å². The van der Waals surface area contributed by atoms with Crippen molar-refractivity contribution in [2.75, 3.05) is 0 Å². The summed E-state index contributed by atoms with van der Waals surface area (Å²) in [6.45, 7) is 8.75. The number of nitrogens with one attached hydrogen (secondary N) is 1. The number of nitrogens with zero attached hydrogens (tertiary/aromatic N) is 1. The standard InChI is InChI=1S/C11H9N2O3.C5H12.Fm/c12-6-9-3-1-8(2-4-9)5-10(11(15)16)13-7-14;1-5(2,3)4;/h1-4,10H,5H2,(H,13,14)(H,15,16);1-4H3;/q-1;;. The van der Waals surface area contributed by atoms with Crippen molar-refractivity contribution in [3.05, 3.63) is 35.4 Å². The molecule has 0 aromatic heterocycles. The maximum atomic E-state index is 10.7. The topological polar surface area (TPSA) is 90.2 Å². The van der Waals surface area contributed by atoms with Gasteiger partial charge < -0.3 is 15.2 Å². The smallest absolute Gasteiger partial charge is 0.323 e. The van der Waals surface area contributed by atoms with Gasteiger partial charge in [-0.2, -0.15) is 11.7 Å². The van der Waals surface area contributed by atoms with Gasteiger partial charge in [-0.05, 0) is 23.1 Å². The molecule has 0 spiro atoms. The summed E-state index contributed by atoms with van der Waals surface area (Å²) in [5.41, 5.74) is 1.74. The van der Waals surface area contributed by atoms with E-state index in [2.05, 4.69) is 33.0 Å². The zero-order valence-corrected chi connectivity index (χ0v) is 15.5. The van der Waals surface area contributed by atoms with Gasteiger partial charge in [0.1, 0.15) is 6.04 Å². The third-order valence-corrected chi connectivity index (χ3v) is 2.05. The molecule has 0 radical (unpaired) electrons. The van der Waals surface area contributed by atoms with E-state index in [1.165, 1.54) is 6.41 Å². The molecule has 0 fully saturated rings. The zero-order valence-electron chi connectivity index (χ0n) is 13.1. The molecular formula is C16H21FmN2O3-. The molecule has 0 bridgehead atoms. The molecule has 6 heteroatoms. The zero-order chi connectivity index (χ0) is 16.5. The van der Waals surface area contributed by atoms with Crippen LogP contribution in [0.2, 0.25) is 0 Å². The quantitative estimate of drug-likeness (QED) is 0.438. The van der Waals surface area contributed by atoms with Gasteiger partial charge in [-0.25, -0.2) is 0 Å². The summed E-state index contributed by atoms with van der Waals surface area (Å²) in [5, 5.41) is 19.4. The van der Waals surface area contributed by atoms with Gasteiger partial charge in [0.05, 0.1) is 11.6 Å². The number of carbonyl (C=O) groups is 1. The molecule has 0 aliphatic heterocycles. The van der Waals surface area contributed by atoms with Gasteiger partial charge in [0.25, 0.3) is 0 Å². The van der Waals surface area contributed by atoms with Crippen LogP contribution in [0, 0.1) is 16.7 Å². The Morgan fingerprint density at radius 2 is 1.77 bits per heavy atom. The number of nitriles is 1. The summed E-state index contributed by atoms with van der Waals surface area (Å²) in [6.07, 6.45) is 1.52. The Balaban J connectivity index is 0. The Kier molecular flexibility index (Phi) is 9.09. The molecule has 1 atom stereocenters. The van der Waals surface area contributed by atoms with E-state index in [-0.39, 0.29) is 6.42 Å². The van der Waals surface area contributed by atoms with Crippen molar-refractivity contribution in [1.29, 1.82) is 5.26 Å². The molecule has 126 valence electrons. The van der Waals surface area contributed by atoms with E-state index in [4.69, 9.17) is 10.4 Å². The van der Waals surface area contributed by atoms with Crippen LogP contribution in [0.3, 0.4) is 0 Å². The minimum atomic E-state index is -1.12. The first kappa shape index (κ1) is 21.0. The summed E-state index contributed by atoms with van der Waals surface area (Å²) >= 11 is 0. The normalized spacial score (nSPS) is 10.9. The largest absolute Gasteiger partial charge is 0.520 e. The molecule has 0 saturated carbocycles. The molecule has 1 amide bonds. The maximum Gasteiger partial charge on any atom is 0.323 e. The van der Waals surface area contributed by atoms with Gasteiger partial charge in [-0.1, -0.05) is 39.8 Å². The summed E-state index contributed by atoms with van der Waals surface area (Å²) < 4.78 is 0. The summed E-state index contributed by atoms with van der Waals surface area (Å²) in [5.74, 6) is -1.12. The minimum absolute atomic E-state index is 0. The predicted octanol–water partition coefficient (Wildman–Crippen LogP) is 2.26. The van der Waals surface area contributed by atoms with E-state index in [0.717, 1.165) is 5.56 Å². The van der Waals surface area contributed by atoms with Crippen molar-refractivity contribution in [2.45, 2.75) is 40.2 Å². The fraction of sp³-hybridized carbons (Fsp3) is 0.438. The average Bonchev–Trinajstić information content (AvgIpc) is 2.37. The summed E-state index contributed by atoms with van der Waals surface area (Å²) in [6, 6.07) is 7.47. The molecule has 1 unspecified atom stereocenters. The number of carboxylic acids is 1. The van der Waals surface area contributed by atoms with Crippen molar-refractivity contribution < 1.29 is 14.7 Å². The predicted molar refractivity (Wildman–Crippen MR) is 80.2 cm³/mol. The van der Waals surface area contributed by atoms with E-state index in [0.29, 0.717) is 11.0 Å². The van der Waals surface area contributed by atoms with E-state index >= 15 is 0 Å². The first-order valence-electron chi connectivity index (χ1n) is 6.52. The van der Waals surface area contributed by atoms with Gasteiger partial charge in [0, 0.05) is 6.42 Å². The summed E-state index contributed by atoms with van der Waals surface area (Å²) in [4.78, 5) is 20.8. The number of amides is 1. The van der Waals surface area contributed by atoms with Gasteiger partial charge in [-0.3, -0.25) is 4.79 Å².